The van der Waals surface area contributed by atoms with Crippen LogP contribution in [0.2, 0.25) is 0 Å². The van der Waals surface area contributed by atoms with Crippen LogP contribution in [0.1, 0.15) is 18.4 Å². The SMILES string of the molecule is O=C(COc1ccccc1F)N(Cc1ccccc1F)C1CC1. The fourth-order valence-electron chi connectivity index (χ4n) is 2.40. The second-order valence-corrected chi connectivity index (χ2v) is 5.56. The molecule has 3 rings (SSSR count). The second kappa shape index (κ2) is 6.77. The van der Waals surface area contributed by atoms with Crippen molar-refractivity contribution in [3.8, 4) is 5.75 Å². The zero-order chi connectivity index (χ0) is 16.2. The van der Waals surface area contributed by atoms with Gasteiger partial charge in [-0.1, -0.05) is 30.3 Å². The van der Waals surface area contributed by atoms with Gasteiger partial charge in [-0.15, -0.1) is 0 Å². The lowest BCUT2D eigenvalue weighted by molar-refractivity contribution is -0.134. The third kappa shape index (κ3) is 3.86. The quantitative estimate of drug-likeness (QED) is 0.815. The first kappa shape index (κ1) is 15.5. The third-order valence-electron chi connectivity index (χ3n) is 3.79. The fraction of sp³-hybridized carbons (Fsp3) is 0.278. The molecule has 1 aliphatic rings. The van der Waals surface area contributed by atoms with Crippen LogP contribution in [-0.4, -0.2) is 23.5 Å². The van der Waals surface area contributed by atoms with Crippen molar-refractivity contribution in [3.63, 3.8) is 0 Å². The second-order valence-electron chi connectivity index (χ2n) is 5.56. The summed E-state index contributed by atoms with van der Waals surface area (Å²) in [5.41, 5.74) is 0.471. The number of hydrogen-bond acceptors (Lipinski definition) is 2. The maximum Gasteiger partial charge on any atom is 0.261 e. The van der Waals surface area contributed by atoms with Crippen molar-refractivity contribution in [2.75, 3.05) is 6.61 Å². The fourth-order valence-corrected chi connectivity index (χ4v) is 2.40. The molecular formula is C18H17F2NO2. The van der Waals surface area contributed by atoms with Crippen LogP contribution < -0.4 is 4.74 Å². The van der Waals surface area contributed by atoms with Gasteiger partial charge >= 0.3 is 0 Å². The van der Waals surface area contributed by atoms with Crippen LogP contribution in [-0.2, 0) is 11.3 Å². The summed E-state index contributed by atoms with van der Waals surface area (Å²) in [6, 6.07) is 12.5. The van der Waals surface area contributed by atoms with Crippen LogP contribution in [0.4, 0.5) is 8.78 Å². The summed E-state index contributed by atoms with van der Waals surface area (Å²) in [5, 5.41) is 0. The van der Waals surface area contributed by atoms with Crippen LogP contribution in [0.3, 0.4) is 0 Å². The van der Waals surface area contributed by atoms with Crippen LogP contribution in [0.5, 0.6) is 5.75 Å². The highest BCUT2D eigenvalue weighted by molar-refractivity contribution is 5.78. The standard InChI is InChI=1S/C18H17F2NO2/c19-15-6-2-1-5-13(15)11-21(14-9-10-14)18(22)12-23-17-8-4-3-7-16(17)20/h1-8,14H,9-12H2. The van der Waals surface area contributed by atoms with E-state index < -0.39 is 5.82 Å². The molecule has 1 aliphatic carbocycles. The molecule has 0 aromatic heterocycles. The minimum Gasteiger partial charge on any atom is -0.481 e. The van der Waals surface area contributed by atoms with Crippen molar-refractivity contribution in [1.82, 2.24) is 4.90 Å². The van der Waals surface area contributed by atoms with E-state index in [1.165, 1.54) is 18.2 Å². The third-order valence-corrected chi connectivity index (χ3v) is 3.79. The van der Waals surface area contributed by atoms with Gasteiger partial charge < -0.3 is 9.64 Å². The molecule has 5 heteroatoms. The molecule has 0 unspecified atom stereocenters. The average Bonchev–Trinajstić information content (AvgIpc) is 3.38. The van der Waals surface area contributed by atoms with Crippen LogP contribution in [0.25, 0.3) is 0 Å². The molecule has 1 amide bonds. The molecule has 1 saturated carbocycles. The van der Waals surface area contributed by atoms with Gasteiger partial charge in [0.1, 0.15) is 5.82 Å². The zero-order valence-corrected chi connectivity index (χ0v) is 12.5. The maximum atomic E-state index is 13.8. The molecule has 0 spiro atoms. The molecule has 0 saturated heterocycles. The van der Waals surface area contributed by atoms with E-state index in [2.05, 4.69) is 0 Å². The summed E-state index contributed by atoms with van der Waals surface area (Å²) in [6.07, 6.45) is 1.81. The zero-order valence-electron chi connectivity index (χ0n) is 12.5. The van der Waals surface area contributed by atoms with Gasteiger partial charge in [0.25, 0.3) is 5.91 Å². The number of ether oxygens (including phenoxy) is 1. The Morgan fingerprint density at radius 1 is 1.04 bits per heavy atom. The normalized spacial score (nSPS) is 13.7. The number of halogens is 2. The first-order chi connectivity index (χ1) is 11.1. The molecule has 0 bridgehead atoms. The lowest BCUT2D eigenvalue weighted by Crippen LogP contribution is -2.36. The number of para-hydroxylation sites is 1. The van der Waals surface area contributed by atoms with Crippen LogP contribution in [0.15, 0.2) is 48.5 Å². The topological polar surface area (TPSA) is 29.5 Å². The van der Waals surface area contributed by atoms with Crippen molar-refractivity contribution in [2.45, 2.75) is 25.4 Å². The van der Waals surface area contributed by atoms with Crippen LogP contribution in [0, 0.1) is 11.6 Å². The highest BCUT2D eigenvalue weighted by atomic mass is 19.1. The summed E-state index contributed by atoms with van der Waals surface area (Å²) < 4.78 is 32.6. The molecule has 2 aromatic carbocycles. The Morgan fingerprint density at radius 3 is 2.35 bits per heavy atom. The van der Waals surface area contributed by atoms with Gasteiger partial charge in [0.05, 0.1) is 0 Å². The lowest BCUT2D eigenvalue weighted by Gasteiger charge is -2.23. The number of amides is 1. The monoisotopic (exact) mass is 317 g/mol. The lowest BCUT2D eigenvalue weighted by atomic mass is 10.2. The van der Waals surface area contributed by atoms with Crippen LogP contribution >= 0.6 is 0 Å². The molecule has 2 aromatic rings. The largest absolute Gasteiger partial charge is 0.481 e. The van der Waals surface area contributed by atoms with Crippen molar-refractivity contribution >= 4 is 5.91 Å². The Hall–Kier alpha value is -2.43. The Balaban J connectivity index is 1.65. The maximum absolute atomic E-state index is 13.8. The molecule has 0 N–H and O–H groups in total. The van der Waals surface area contributed by atoms with Gasteiger partial charge in [-0.05, 0) is 31.0 Å². The summed E-state index contributed by atoms with van der Waals surface area (Å²) in [4.78, 5) is 14.0. The molecule has 1 fully saturated rings. The Bertz CT molecular complexity index is 701. The van der Waals surface area contributed by atoms with E-state index in [1.54, 1.807) is 35.2 Å². The van der Waals surface area contributed by atoms with Crippen molar-refractivity contribution < 1.29 is 18.3 Å². The molecule has 120 valence electrons. The minimum absolute atomic E-state index is 0.0440. The summed E-state index contributed by atoms with van der Waals surface area (Å²) >= 11 is 0. The van der Waals surface area contributed by atoms with Gasteiger partial charge in [0, 0.05) is 18.2 Å². The number of nitrogens with zero attached hydrogens (tertiary/aromatic N) is 1. The molecule has 3 nitrogen and oxygen atoms in total. The van der Waals surface area contributed by atoms with Gasteiger partial charge in [-0.25, -0.2) is 8.78 Å². The Morgan fingerprint density at radius 2 is 1.70 bits per heavy atom. The van der Waals surface area contributed by atoms with E-state index in [1.807, 2.05) is 0 Å². The molecule has 0 radical (unpaired) electrons. The number of benzene rings is 2. The summed E-state index contributed by atoms with van der Waals surface area (Å²) in [5.74, 6) is -1.06. The van der Waals surface area contributed by atoms with Crippen molar-refractivity contribution in [2.24, 2.45) is 0 Å². The van der Waals surface area contributed by atoms with E-state index in [9.17, 15) is 13.6 Å². The first-order valence-electron chi connectivity index (χ1n) is 7.55. The van der Waals surface area contributed by atoms with Crippen molar-refractivity contribution in [3.05, 3.63) is 65.7 Å². The van der Waals surface area contributed by atoms with Gasteiger partial charge in [-0.3, -0.25) is 4.79 Å². The molecular weight excluding hydrogens is 300 g/mol. The number of carbonyl (C=O) groups is 1. The van der Waals surface area contributed by atoms with E-state index in [4.69, 9.17) is 4.74 Å². The molecule has 23 heavy (non-hydrogen) atoms. The predicted molar refractivity (Wildman–Crippen MR) is 81.9 cm³/mol. The molecule has 0 heterocycles. The highest BCUT2D eigenvalue weighted by Crippen LogP contribution is 2.29. The molecule has 0 atom stereocenters. The molecule has 0 aliphatic heterocycles. The summed E-state index contributed by atoms with van der Waals surface area (Å²) in [7, 11) is 0. The van der Waals surface area contributed by atoms with E-state index in [0.717, 1.165) is 12.8 Å². The number of rotatable bonds is 6. The predicted octanol–water partition coefficient (Wildman–Crippen LogP) is 3.53. The average molecular weight is 317 g/mol. The van der Waals surface area contributed by atoms with Gasteiger partial charge in [-0.2, -0.15) is 0 Å². The summed E-state index contributed by atoms with van der Waals surface area (Å²) in [6.45, 7) is -0.0529. The minimum atomic E-state index is -0.507. The Kier molecular flexibility index (Phi) is 4.55. The number of carbonyl (C=O) groups excluding carboxylic acids is 1. The van der Waals surface area contributed by atoms with E-state index in [-0.39, 0.29) is 36.7 Å². The highest BCUT2D eigenvalue weighted by Gasteiger charge is 2.33. The van der Waals surface area contributed by atoms with E-state index >= 15 is 0 Å². The first-order valence-corrected chi connectivity index (χ1v) is 7.55. The van der Waals surface area contributed by atoms with Crippen molar-refractivity contribution in [1.29, 1.82) is 0 Å². The number of hydrogen-bond donors (Lipinski definition) is 0. The van der Waals surface area contributed by atoms with E-state index in [0.29, 0.717) is 5.56 Å². The van der Waals surface area contributed by atoms with Gasteiger partial charge in [0.2, 0.25) is 0 Å². The smallest absolute Gasteiger partial charge is 0.261 e. The Labute approximate surface area is 133 Å². The van der Waals surface area contributed by atoms with Gasteiger partial charge in [0.15, 0.2) is 18.2 Å².